The monoisotopic (exact) mass is 429 g/mol. The van der Waals surface area contributed by atoms with E-state index in [9.17, 15) is 4.79 Å². The van der Waals surface area contributed by atoms with Gasteiger partial charge in [-0.25, -0.2) is 4.98 Å². The van der Waals surface area contributed by atoms with Gasteiger partial charge >= 0.3 is 0 Å². The molecule has 1 atom stereocenters. The number of aromatic nitrogens is 1. The number of carbonyl (C=O) groups is 1. The Morgan fingerprint density at radius 3 is 2.42 bits per heavy atom. The predicted molar refractivity (Wildman–Crippen MR) is 112 cm³/mol. The van der Waals surface area contributed by atoms with Gasteiger partial charge in [0.1, 0.15) is 5.82 Å². The van der Waals surface area contributed by atoms with E-state index in [4.69, 9.17) is 10.5 Å². The minimum absolute atomic E-state index is 0. The maximum Gasteiger partial charge on any atom is 0.222 e. The first-order valence-corrected chi connectivity index (χ1v) is 8.00. The number of anilines is 1. The molecule has 1 fully saturated rings. The number of rotatable bonds is 7. The number of halogens is 3. The number of carbonyl (C=O) groups excluding carboxylic acids is 1. The Bertz CT molecular complexity index is 495. The molecule has 1 aromatic heterocycles. The van der Waals surface area contributed by atoms with Gasteiger partial charge in [-0.1, -0.05) is 6.07 Å². The number of pyridine rings is 1. The first-order chi connectivity index (χ1) is 11.1. The SMILES string of the molecule is COC(CN)CC(=O)NCc1ccc(N2CCN(C)CC2)nc1.Cl.Cl.Cl. The molecule has 3 N–H and O–H groups in total. The molecule has 0 spiro atoms. The fourth-order valence-electron chi connectivity index (χ4n) is 2.49. The highest BCUT2D eigenvalue weighted by Gasteiger charge is 2.15. The van der Waals surface area contributed by atoms with Gasteiger partial charge in [0.25, 0.3) is 0 Å². The molecular formula is C16H30Cl3N5O2. The minimum atomic E-state index is -0.229. The third-order valence-electron chi connectivity index (χ3n) is 4.14. The van der Waals surface area contributed by atoms with E-state index in [1.54, 1.807) is 7.11 Å². The number of nitrogens with zero attached hydrogens (tertiary/aromatic N) is 3. The van der Waals surface area contributed by atoms with Crippen molar-refractivity contribution in [2.45, 2.75) is 19.1 Å². The Labute approximate surface area is 174 Å². The quantitative estimate of drug-likeness (QED) is 0.673. The lowest BCUT2D eigenvalue weighted by Crippen LogP contribution is -2.44. The number of nitrogens with two attached hydrogens (primary N) is 1. The van der Waals surface area contributed by atoms with Gasteiger partial charge in [-0.05, 0) is 18.7 Å². The molecule has 2 heterocycles. The number of methoxy groups -OCH3 is 1. The molecule has 1 aliphatic heterocycles. The van der Waals surface area contributed by atoms with Gasteiger partial charge in [-0.2, -0.15) is 0 Å². The second-order valence-electron chi connectivity index (χ2n) is 5.89. The van der Waals surface area contributed by atoms with E-state index in [2.05, 4.69) is 27.1 Å². The Balaban J connectivity index is 0. The average molecular weight is 431 g/mol. The van der Waals surface area contributed by atoms with Crippen LogP contribution in [0.4, 0.5) is 5.82 Å². The van der Waals surface area contributed by atoms with Crippen LogP contribution in [0.1, 0.15) is 12.0 Å². The zero-order chi connectivity index (χ0) is 16.7. The van der Waals surface area contributed by atoms with E-state index < -0.39 is 0 Å². The maximum absolute atomic E-state index is 11.8. The summed E-state index contributed by atoms with van der Waals surface area (Å²) in [6.07, 6.45) is 1.87. The molecule has 1 unspecified atom stereocenters. The summed E-state index contributed by atoms with van der Waals surface area (Å²) in [4.78, 5) is 20.9. The predicted octanol–water partition coefficient (Wildman–Crippen LogP) is 1.08. The van der Waals surface area contributed by atoms with Gasteiger partial charge in [0.05, 0.1) is 12.5 Å². The van der Waals surface area contributed by atoms with Crippen LogP contribution in [0.2, 0.25) is 0 Å². The zero-order valence-electron chi connectivity index (χ0n) is 15.2. The van der Waals surface area contributed by atoms with E-state index in [-0.39, 0.29) is 55.7 Å². The number of hydrogen-bond acceptors (Lipinski definition) is 6. The molecular weight excluding hydrogens is 401 g/mol. The molecule has 152 valence electrons. The van der Waals surface area contributed by atoms with E-state index in [0.717, 1.165) is 37.6 Å². The van der Waals surface area contributed by atoms with Crippen LogP contribution in [0.5, 0.6) is 0 Å². The fraction of sp³-hybridized carbons (Fsp3) is 0.625. The number of hydrogen-bond donors (Lipinski definition) is 2. The summed E-state index contributed by atoms with van der Waals surface area (Å²) in [5.74, 6) is 0.932. The molecule has 1 aliphatic rings. The molecule has 0 bridgehead atoms. The molecule has 0 saturated carbocycles. The minimum Gasteiger partial charge on any atom is -0.380 e. The van der Waals surface area contributed by atoms with Gasteiger partial charge in [0.15, 0.2) is 0 Å². The third kappa shape index (κ3) is 8.70. The summed E-state index contributed by atoms with van der Waals surface area (Å²) < 4.78 is 5.11. The second kappa shape index (κ2) is 14.3. The molecule has 1 amide bonds. The molecule has 2 rings (SSSR count). The Kier molecular flexibility index (Phi) is 15.0. The number of ether oxygens (including phenoxy) is 1. The van der Waals surface area contributed by atoms with Crippen molar-refractivity contribution in [1.29, 1.82) is 0 Å². The van der Waals surface area contributed by atoms with Crippen molar-refractivity contribution in [2.24, 2.45) is 5.73 Å². The second-order valence-corrected chi connectivity index (χ2v) is 5.89. The lowest BCUT2D eigenvalue weighted by molar-refractivity contribution is -0.123. The van der Waals surface area contributed by atoms with Crippen molar-refractivity contribution < 1.29 is 9.53 Å². The molecule has 7 nitrogen and oxygen atoms in total. The van der Waals surface area contributed by atoms with Crippen LogP contribution in [-0.4, -0.2) is 68.8 Å². The summed E-state index contributed by atoms with van der Waals surface area (Å²) in [6.45, 7) is 4.91. The molecule has 1 aromatic rings. The van der Waals surface area contributed by atoms with Gasteiger partial charge in [-0.3, -0.25) is 4.79 Å². The van der Waals surface area contributed by atoms with E-state index >= 15 is 0 Å². The lowest BCUT2D eigenvalue weighted by Gasteiger charge is -2.33. The third-order valence-corrected chi connectivity index (χ3v) is 4.14. The Hall–Kier alpha value is -0.830. The summed E-state index contributed by atoms with van der Waals surface area (Å²) in [7, 11) is 3.70. The van der Waals surface area contributed by atoms with Crippen LogP contribution in [0, 0.1) is 0 Å². The largest absolute Gasteiger partial charge is 0.380 e. The molecule has 26 heavy (non-hydrogen) atoms. The Morgan fingerprint density at radius 2 is 1.92 bits per heavy atom. The van der Waals surface area contributed by atoms with Crippen LogP contribution in [-0.2, 0) is 16.1 Å². The van der Waals surface area contributed by atoms with Crippen molar-refractivity contribution in [3.05, 3.63) is 23.9 Å². The van der Waals surface area contributed by atoms with E-state index in [1.165, 1.54) is 0 Å². The number of likely N-dealkylation sites (N-methyl/N-ethyl adjacent to an activating group) is 1. The smallest absolute Gasteiger partial charge is 0.222 e. The Morgan fingerprint density at radius 1 is 1.27 bits per heavy atom. The van der Waals surface area contributed by atoms with Gasteiger partial charge in [0.2, 0.25) is 5.91 Å². The highest BCUT2D eigenvalue weighted by molar-refractivity contribution is 5.86. The lowest BCUT2D eigenvalue weighted by atomic mass is 10.2. The standard InChI is InChI=1S/C16H27N5O2.3ClH/c1-20-5-7-21(8-6-20)15-4-3-13(11-18-15)12-19-16(22)9-14(10-17)23-2;;;/h3-4,11,14H,5-10,12,17H2,1-2H3,(H,19,22);3*1H. The van der Waals surface area contributed by atoms with Crippen molar-refractivity contribution in [2.75, 3.05) is 51.8 Å². The number of nitrogens with one attached hydrogen (secondary N) is 1. The van der Waals surface area contributed by atoms with Gasteiger partial charge in [0, 0.05) is 52.6 Å². The van der Waals surface area contributed by atoms with E-state index in [1.807, 2.05) is 18.3 Å². The highest BCUT2D eigenvalue weighted by Crippen LogP contribution is 2.13. The van der Waals surface area contributed by atoms with Crippen LogP contribution in [0.25, 0.3) is 0 Å². The summed E-state index contributed by atoms with van der Waals surface area (Å²) in [5, 5.41) is 2.87. The molecule has 10 heteroatoms. The average Bonchev–Trinajstić information content (AvgIpc) is 2.59. The fourth-order valence-corrected chi connectivity index (χ4v) is 2.49. The maximum atomic E-state index is 11.8. The van der Waals surface area contributed by atoms with Crippen molar-refractivity contribution in [1.82, 2.24) is 15.2 Å². The first-order valence-electron chi connectivity index (χ1n) is 8.00. The van der Waals surface area contributed by atoms with Gasteiger partial charge in [-0.15, -0.1) is 37.2 Å². The van der Waals surface area contributed by atoms with Crippen molar-refractivity contribution >= 4 is 48.9 Å². The number of amides is 1. The van der Waals surface area contributed by atoms with Gasteiger partial charge < -0.3 is 25.6 Å². The van der Waals surface area contributed by atoms with Crippen molar-refractivity contribution in [3.8, 4) is 0 Å². The molecule has 1 saturated heterocycles. The van der Waals surface area contributed by atoms with Crippen LogP contribution >= 0.6 is 37.2 Å². The topological polar surface area (TPSA) is 83.7 Å². The summed E-state index contributed by atoms with van der Waals surface area (Å²) >= 11 is 0. The normalized spacial score (nSPS) is 15.1. The molecule has 0 aliphatic carbocycles. The van der Waals surface area contributed by atoms with E-state index in [0.29, 0.717) is 13.1 Å². The van der Waals surface area contributed by atoms with Crippen LogP contribution < -0.4 is 16.0 Å². The first kappa shape index (κ1) is 27.4. The highest BCUT2D eigenvalue weighted by atomic mass is 35.5. The number of piperazine rings is 1. The van der Waals surface area contributed by atoms with Crippen LogP contribution in [0.3, 0.4) is 0 Å². The van der Waals surface area contributed by atoms with Crippen LogP contribution in [0.15, 0.2) is 18.3 Å². The molecule has 0 aromatic carbocycles. The zero-order valence-corrected chi connectivity index (χ0v) is 17.7. The summed E-state index contributed by atoms with van der Waals surface area (Å²) in [6, 6.07) is 4.03. The summed E-state index contributed by atoms with van der Waals surface area (Å²) in [5.41, 5.74) is 6.50. The molecule has 0 radical (unpaired) electrons. The van der Waals surface area contributed by atoms with Crippen molar-refractivity contribution in [3.63, 3.8) is 0 Å².